The summed E-state index contributed by atoms with van der Waals surface area (Å²) in [6.07, 6.45) is 3.50. The Hall–Kier alpha value is -1.95. The van der Waals surface area contributed by atoms with Crippen LogP contribution in [0.1, 0.15) is 20.8 Å². The first kappa shape index (κ1) is 16.9. The molecule has 126 valence electrons. The average Bonchev–Trinajstić information content (AvgIpc) is 3.14. The summed E-state index contributed by atoms with van der Waals surface area (Å²) in [5.74, 6) is 0.858. The van der Waals surface area contributed by atoms with Gasteiger partial charge >= 0.3 is 0 Å². The minimum atomic E-state index is 0.0179. The SMILES string of the molecule is COc1ccc(C(=O)/C=C/c2cccs2)cc1C[NH+]1CCOCC1. The molecule has 24 heavy (non-hydrogen) atoms. The number of quaternary nitrogens is 1. The van der Waals surface area contributed by atoms with Crippen LogP contribution in [0, 0.1) is 0 Å². The predicted molar refractivity (Wildman–Crippen MR) is 95.9 cm³/mol. The number of carbonyl (C=O) groups excluding carboxylic acids is 1. The van der Waals surface area contributed by atoms with Gasteiger partial charge in [0.05, 0.1) is 20.3 Å². The summed E-state index contributed by atoms with van der Waals surface area (Å²) in [7, 11) is 1.67. The highest BCUT2D eigenvalue weighted by molar-refractivity contribution is 7.10. The highest BCUT2D eigenvalue weighted by Crippen LogP contribution is 2.20. The van der Waals surface area contributed by atoms with Gasteiger partial charge in [-0.05, 0) is 41.8 Å². The van der Waals surface area contributed by atoms with Crippen molar-refractivity contribution in [3.63, 3.8) is 0 Å². The summed E-state index contributed by atoms with van der Waals surface area (Å²) in [5, 5.41) is 2.00. The quantitative estimate of drug-likeness (QED) is 0.644. The minimum Gasteiger partial charge on any atom is -0.496 e. The van der Waals surface area contributed by atoms with Crippen molar-refractivity contribution in [2.24, 2.45) is 0 Å². The van der Waals surface area contributed by atoms with Crippen molar-refractivity contribution in [1.82, 2.24) is 0 Å². The second-order valence-electron chi connectivity index (χ2n) is 5.78. The fourth-order valence-electron chi connectivity index (χ4n) is 2.82. The van der Waals surface area contributed by atoms with E-state index in [9.17, 15) is 4.79 Å². The van der Waals surface area contributed by atoms with Gasteiger partial charge in [0.15, 0.2) is 5.78 Å². The molecule has 2 aromatic rings. The smallest absolute Gasteiger partial charge is 0.185 e. The summed E-state index contributed by atoms with van der Waals surface area (Å²) in [6.45, 7) is 4.40. The van der Waals surface area contributed by atoms with Crippen LogP contribution in [-0.4, -0.2) is 39.2 Å². The summed E-state index contributed by atoms with van der Waals surface area (Å²) < 4.78 is 10.9. The number of ketones is 1. The normalized spacial score (nSPS) is 15.7. The molecule has 2 heterocycles. The van der Waals surface area contributed by atoms with Crippen LogP contribution in [0.4, 0.5) is 0 Å². The number of rotatable bonds is 6. The lowest BCUT2D eigenvalue weighted by Gasteiger charge is -2.24. The highest BCUT2D eigenvalue weighted by Gasteiger charge is 2.17. The second-order valence-corrected chi connectivity index (χ2v) is 6.76. The molecule has 0 amide bonds. The van der Waals surface area contributed by atoms with E-state index in [1.807, 2.05) is 41.8 Å². The van der Waals surface area contributed by atoms with Crippen molar-refractivity contribution < 1.29 is 19.2 Å². The molecular weight excluding hydrogens is 322 g/mol. The largest absolute Gasteiger partial charge is 0.496 e. The zero-order valence-electron chi connectivity index (χ0n) is 13.8. The van der Waals surface area contributed by atoms with E-state index in [-0.39, 0.29) is 5.78 Å². The Morgan fingerprint density at radius 3 is 2.88 bits per heavy atom. The zero-order chi connectivity index (χ0) is 16.8. The number of methoxy groups -OCH3 is 1. The van der Waals surface area contributed by atoms with Crippen LogP contribution in [0.15, 0.2) is 41.8 Å². The first-order valence-corrected chi connectivity index (χ1v) is 8.98. The summed E-state index contributed by atoms with van der Waals surface area (Å²) in [6, 6.07) is 9.66. The molecule has 0 bridgehead atoms. The molecule has 5 heteroatoms. The van der Waals surface area contributed by atoms with Crippen molar-refractivity contribution in [2.75, 3.05) is 33.4 Å². The van der Waals surface area contributed by atoms with Crippen molar-refractivity contribution >= 4 is 23.2 Å². The topological polar surface area (TPSA) is 40.0 Å². The number of benzene rings is 1. The molecule has 1 aliphatic heterocycles. The number of ether oxygens (including phenoxy) is 2. The standard InChI is InChI=1S/C19H21NO3S/c1-22-19-7-4-15(18(21)6-5-17-3-2-12-24-17)13-16(19)14-20-8-10-23-11-9-20/h2-7,12-13H,8-11,14H2,1H3/p+1/b6-5+. The molecule has 1 saturated heterocycles. The lowest BCUT2D eigenvalue weighted by molar-refractivity contribution is -0.921. The van der Waals surface area contributed by atoms with E-state index in [0.29, 0.717) is 5.56 Å². The van der Waals surface area contributed by atoms with Gasteiger partial charge < -0.3 is 14.4 Å². The highest BCUT2D eigenvalue weighted by atomic mass is 32.1. The van der Waals surface area contributed by atoms with Crippen LogP contribution in [-0.2, 0) is 11.3 Å². The van der Waals surface area contributed by atoms with Crippen molar-refractivity contribution in [1.29, 1.82) is 0 Å². The van der Waals surface area contributed by atoms with Crippen LogP contribution in [0.5, 0.6) is 5.75 Å². The van der Waals surface area contributed by atoms with Crippen LogP contribution in [0.25, 0.3) is 6.08 Å². The zero-order valence-corrected chi connectivity index (χ0v) is 14.6. The number of morpholine rings is 1. The molecular formula is C19H22NO3S+. The Morgan fingerprint density at radius 2 is 2.17 bits per heavy atom. The van der Waals surface area contributed by atoms with Crippen molar-refractivity contribution in [3.05, 3.63) is 57.8 Å². The third-order valence-electron chi connectivity index (χ3n) is 4.15. The number of allylic oxidation sites excluding steroid dienone is 1. The lowest BCUT2D eigenvalue weighted by Crippen LogP contribution is -3.12. The lowest BCUT2D eigenvalue weighted by atomic mass is 10.0. The van der Waals surface area contributed by atoms with Gasteiger partial charge in [-0.2, -0.15) is 0 Å². The molecule has 0 spiro atoms. The van der Waals surface area contributed by atoms with E-state index in [1.165, 1.54) is 4.90 Å². The molecule has 0 saturated carbocycles. The van der Waals surface area contributed by atoms with Crippen LogP contribution >= 0.6 is 11.3 Å². The molecule has 1 aromatic heterocycles. The Kier molecular flexibility index (Phi) is 5.80. The summed E-state index contributed by atoms with van der Waals surface area (Å²) in [4.78, 5) is 15.0. The third-order valence-corrected chi connectivity index (χ3v) is 4.98. The predicted octanol–water partition coefficient (Wildman–Crippen LogP) is 2.07. The Bertz CT molecular complexity index is 703. The van der Waals surface area contributed by atoms with Gasteiger partial charge in [0, 0.05) is 16.0 Å². The molecule has 0 unspecified atom stereocenters. The van der Waals surface area contributed by atoms with Gasteiger partial charge in [-0.25, -0.2) is 0 Å². The first-order valence-electron chi connectivity index (χ1n) is 8.10. The van der Waals surface area contributed by atoms with Gasteiger partial charge in [0.25, 0.3) is 0 Å². The average molecular weight is 344 g/mol. The van der Waals surface area contributed by atoms with Gasteiger partial charge in [-0.15, -0.1) is 11.3 Å². The number of thiophene rings is 1. The Balaban J connectivity index is 1.76. The maximum atomic E-state index is 12.4. The van der Waals surface area contributed by atoms with E-state index < -0.39 is 0 Å². The number of hydrogen-bond acceptors (Lipinski definition) is 4. The van der Waals surface area contributed by atoms with Crippen molar-refractivity contribution in [3.8, 4) is 5.75 Å². The van der Waals surface area contributed by atoms with E-state index in [2.05, 4.69) is 0 Å². The molecule has 1 aliphatic rings. The van der Waals surface area contributed by atoms with E-state index in [0.717, 1.165) is 49.0 Å². The van der Waals surface area contributed by atoms with E-state index >= 15 is 0 Å². The second kappa shape index (κ2) is 8.24. The maximum absolute atomic E-state index is 12.4. The van der Waals surface area contributed by atoms with Gasteiger partial charge in [0.1, 0.15) is 25.4 Å². The fourth-order valence-corrected chi connectivity index (χ4v) is 3.43. The van der Waals surface area contributed by atoms with Gasteiger partial charge in [0.2, 0.25) is 0 Å². The minimum absolute atomic E-state index is 0.0179. The molecule has 0 radical (unpaired) electrons. The van der Waals surface area contributed by atoms with Crippen LogP contribution in [0.3, 0.4) is 0 Å². The summed E-state index contributed by atoms with van der Waals surface area (Å²) >= 11 is 1.62. The number of carbonyl (C=O) groups is 1. The monoisotopic (exact) mass is 344 g/mol. The molecule has 1 N–H and O–H groups in total. The molecule has 0 aliphatic carbocycles. The van der Waals surface area contributed by atoms with Gasteiger partial charge in [-0.1, -0.05) is 6.07 Å². The third kappa shape index (κ3) is 4.32. The fraction of sp³-hybridized carbons (Fsp3) is 0.316. The molecule has 1 fully saturated rings. The van der Waals surface area contributed by atoms with Crippen LogP contribution < -0.4 is 9.64 Å². The number of nitrogens with one attached hydrogen (secondary N) is 1. The first-order chi connectivity index (χ1) is 11.8. The maximum Gasteiger partial charge on any atom is 0.185 e. The molecule has 3 rings (SSSR count). The van der Waals surface area contributed by atoms with Crippen LogP contribution in [0.2, 0.25) is 0 Å². The van der Waals surface area contributed by atoms with E-state index in [4.69, 9.17) is 9.47 Å². The Morgan fingerprint density at radius 1 is 1.33 bits per heavy atom. The van der Waals surface area contributed by atoms with E-state index in [1.54, 1.807) is 24.5 Å². The number of hydrogen-bond donors (Lipinski definition) is 1. The Labute approximate surface area is 146 Å². The van der Waals surface area contributed by atoms with Crippen molar-refractivity contribution in [2.45, 2.75) is 6.54 Å². The molecule has 4 nitrogen and oxygen atoms in total. The summed E-state index contributed by atoms with van der Waals surface area (Å²) in [5.41, 5.74) is 1.77. The van der Waals surface area contributed by atoms with Gasteiger partial charge in [-0.3, -0.25) is 4.79 Å². The molecule has 1 aromatic carbocycles. The molecule has 0 atom stereocenters.